The number of sulfonamides is 1. The van der Waals surface area contributed by atoms with Crippen LogP contribution in [0.4, 0.5) is 0 Å². The summed E-state index contributed by atoms with van der Waals surface area (Å²) in [5, 5.41) is 5.25. The third-order valence-corrected chi connectivity index (χ3v) is 6.80. The van der Waals surface area contributed by atoms with Gasteiger partial charge in [0.15, 0.2) is 0 Å². The van der Waals surface area contributed by atoms with Gasteiger partial charge in [0.05, 0.1) is 10.9 Å². The highest BCUT2D eigenvalue weighted by Crippen LogP contribution is 2.24. The van der Waals surface area contributed by atoms with Gasteiger partial charge in [0.1, 0.15) is 0 Å². The van der Waals surface area contributed by atoms with Crippen LogP contribution in [0.1, 0.15) is 47.3 Å². The molecule has 3 aromatic carbocycles. The molecule has 3 aromatic rings. The molecule has 1 fully saturated rings. The van der Waals surface area contributed by atoms with Crippen molar-refractivity contribution in [3.63, 3.8) is 0 Å². The maximum Gasteiger partial charge on any atom is 0.252 e. The summed E-state index contributed by atoms with van der Waals surface area (Å²) in [5.41, 5.74) is 2.10. The summed E-state index contributed by atoms with van der Waals surface area (Å²) < 4.78 is 27.6. The molecule has 150 valence electrons. The molecule has 4 rings (SSSR count). The maximum absolute atomic E-state index is 12.9. The third kappa shape index (κ3) is 4.33. The monoisotopic (exact) mass is 408 g/mol. The Morgan fingerprint density at radius 2 is 1.72 bits per heavy atom. The molecule has 2 N–H and O–H groups in total. The Labute approximate surface area is 171 Å². The van der Waals surface area contributed by atoms with Gasteiger partial charge >= 0.3 is 0 Å². The van der Waals surface area contributed by atoms with Crippen molar-refractivity contribution in [3.05, 3.63) is 77.4 Å². The highest BCUT2D eigenvalue weighted by Gasteiger charge is 2.28. The number of aryl methyl sites for hydroxylation is 1. The van der Waals surface area contributed by atoms with E-state index in [1.54, 1.807) is 19.1 Å². The summed E-state index contributed by atoms with van der Waals surface area (Å²) in [5.74, 6) is -0.286. The summed E-state index contributed by atoms with van der Waals surface area (Å²) in [6.07, 6.45) is 1.73. The fraction of sp³-hybridized carbons (Fsp3) is 0.261. The molecule has 29 heavy (non-hydrogen) atoms. The van der Waals surface area contributed by atoms with Crippen LogP contribution < -0.4 is 10.0 Å². The number of carbonyl (C=O) groups is 1. The fourth-order valence-electron chi connectivity index (χ4n) is 3.34. The SMILES string of the molecule is Cc1ccc(S(=O)(=O)NC2CC2)cc1C(=O)NC(C)c1ccc2ccccc2c1. The molecule has 1 saturated carbocycles. The zero-order valence-electron chi connectivity index (χ0n) is 16.5. The Morgan fingerprint density at radius 3 is 2.45 bits per heavy atom. The van der Waals surface area contributed by atoms with Crippen molar-refractivity contribution < 1.29 is 13.2 Å². The molecule has 0 heterocycles. The van der Waals surface area contributed by atoms with Crippen LogP contribution in [0.25, 0.3) is 10.8 Å². The minimum atomic E-state index is -3.60. The normalized spacial score (nSPS) is 15.2. The molecule has 0 spiro atoms. The van der Waals surface area contributed by atoms with Crippen LogP contribution in [0.3, 0.4) is 0 Å². The van der Waals surface area contributed by atoms with Crippen LogP contribution >= 0.6 is 0 Å². The Morgan fingerprint density at radius 1 is 1.00 bits per heavy atom. The number of fused-ring (bicyclic) bond motifs is 1. The number of benzene rings is 3. The van der Waals surface area contributed by atoms with E-state index in [1.165, 1.54) is 6.07 Å². The number of amides is 1. The predicted molar refractivity (Wildman–Crippen MR) is 114 cm³/mol. The van der Waals surface area contributed by atoms with E-state index in [0.717, 1.165) is 34.7 Å². The zero-order valence-corrected chi connectivity index (χ0v) is 17.3. The fourth-order valence-corrected chi connectivity index (χ4v) is 4.67. The molecule has 1 unspecified atom stereocenters. The van der Waals surface area contributed by atoms with E-state index in [-0.39, 0.29) is 22.9 Å². The molecule has 0 aromatic heterocycles. The lowest BCUT2D eigenvalue weighted by Gasteiger charge is -2.17. The minimum Gasteiger partial charge on any atom is -0.346 e. The van der Waals surface area contributed by atoms with Crippen molar-refractivity contribution >= 4 is 26.7 Å². The average molecular weight is 409 g/mol. The van der Waals surface area contributed by atoms with Crippen molar-refractivity contribution in [3.8, 4) is 0 Å². The lowest BCUT2D eigenvalue weighted by atomic mass is 10.0. The van der Waals surface area contributed by atoms with E-state index in [9.17, 15) is 13.2 Å². The predicted octanol–water partition coefficient (Wildman–Crippen LogP) is 4.08. The first kappa shape index (κ1) is 19.6. The van der Waals surface area contributed by atoms with Gasteiger partial charge in [-0.2, -0.15) is 0 Å². The molecule has 6 heteroatoms. The zero-order chi connectivity index (χ0) is 20.6. The number of rotatable bonds is 6. The van der Waals surface area contributed by atoms with Crippen molar-refractivity contribution in [2.45, 2.75) is 43.7 Å². The van der Waals surface area contributed by atoms with E-state index < -0.39 is 10.0 Å². The number of hydrogen-bond acceptors (Lipinski definition) is 3. The van der Waals surface area contributed by atoms with Crippen molar-refractivity contribution in [2.75, 3.05) is 0 Å². The first-order valence-electron chi connectivity index (χ1n) is 9.76. The quantitative estimate of drug-likeness (QED) is 0.645. The van der Waals surface area contributed by atoms with E-state index in [0.29, 0.717) is 5.56 Å². The van der Waals surface area contributed by atoms with Gasteiger partial charge in [0, 0.05) is 11.6 Å². The highest BCUT2D eigenvalue weighted by atomic mass is 32.2. The second-order valence-corrected chi connectivity index (χ2v) is 9.39. The van der Waals surface area contributed by atoms with Crippen LogP contribution in [0.5, 0.6) is 0 Å². The average Bonchev–Trinajstić information content (AvgIpc) is 3.51. The van der Waals surface area contributed by atoms with Crippen LogP contribution in [0.2, 0.25) is 0 Å². The number of carbonyl (C=O) groups excluding carboxylic acids is 1. The van der Waals surface area contributed by atoms with Gasteiger partial charge in [-0.05, 0) is 66.8 Å². The molecular formula is C23H24N2O3S. The largest absolute Gasteiger partial charge is 0.346 e. The number of hydrogen-bond donors (Lipinski definition) is 2. The summed E-state index contributed by atoms with van der Waals surface area (Å²) in [6.45, 7) is 3.73. The van der Waals surface area contributed by atoms with Gasteiger partial charge in [0.2, 0.25) is 10.0 Å². The third-order valence-electron chi connectivity index (χ3n) is 5.28. The van der Waals surface area contributed by atoms with Gasteiger partial charge < -0.3 is 5.32 Å². The minimum absolute atomic E-state index is 0.0199. The van der Waals surface area contributed by atoms with E-state index in [2.05, 4.69) is 16.1 Å². The van der Waals surface area contributed by atoms with Crippen LogP contribution in [0, 0.1) is 6.92 Å². The molecule has 0 saturated heterocycles. The summed E-state index contributed by atoms with van der Waals surface area (Å²) in [7, 11) is -3.60. The van der Waals surface area contributed by atoms with Gasteiger partial charge in [0.25, 0.3) is 5.91 Å². The van der Waals surface area contributed by atoms with E-state index in [1.807, 2.05) is 43.3 Å². The van der Waals surface area contributed by atoms with E-state index in [4.69, 9.17) is 0 Å². The molecule has 1 aliphatic rings. The van der Waals surface area contributed by atoms with Gasteiger partial charge in [-0.15, -0.1) is 0 Å². The second-order valence-electron chi connectivity index (χ2n) is 7.67. The summed E-state index contributed by atoms with van der Waals surface area (Å²) in [6, 6.07) is 18.7. The van der Waals surface area contributed by atoms with Gasteiger partial charge in [-0.25, -0.2) is 13.1 Å². The summed E-state index contributed by atoms with van der Waals surface area (Å²) in [4.78, 5) is 13.0. The number of nitrogens with one attached hydrogen (secondary N) is 2. The highest BCUT2D eigenvalue weighted by molar-refractivity contribution is 7.89. The molecule has 1 amide bonds. The smallest absolute Gasteiger partial charge is 0.252 e. The van der Waals surface area contributed by atoms with Crippen molar-refractivity contribution in [1.82, 2.24) is 10.0 Å². The Kier molecular flexibility index (Phi) is 5.15. The molecule has 0 aliphatic heterocycles. The van der Waals surface area contributed by atoms with Crippen LogP contribution in [0.15, 0.2) is 65.6 Å². The topological polar surface area (TPSA) is 75.3 Å². The Bertz CT molecular complexity index is 1180. The van der Waals surface area contributed by atoms with Gasteiger partial charge in [-0.3, -0.25) is 4.79 Å². The van der Waals surface area contributed by atoms with Gasteiger partial charge in [-0.1, -0.05) is 42.5 Å². The van der Waals surface area contributed by atoms with Crippen LogP contribution in [-0.2, 0) is 10.0 Å². The first-order chi connectivity index (χ1) is 13.8. The standard InChI is InChI=1S/C23H24N2O3S/c1-15-7-12-21(29(27,28)25-20-10-11-20)14-22(15)23(26)24-16(2)18-9-8-17-5-3-4-6-19(17)13-18/h3-9,12-14,16,20,25H,10-11H2,1-2H3,(H,24,26). The lowest BCUT2D eigenvalue weighted by Crippen LogP contribution is -2.29. The summed E-state index contributed by atoms with van der Waals surface area (Å²) >= 11 is 0. The second kappa shape index (κ2) is 7.61. The molecular weight excluding hydrogens is 384 g/mol. The Hall–Kier alpha value is -2.70. The van der Waals surface area contributed by atoms with Crippen molar-refractivity contribution in [1.29, 1.82) is 0 Å². The van der Waals surface area contributed by atoms with E-state index >= 15 is 0 Å². The maximum atomic E-state index is 12.9. The van der Waals surface area contributed by atoms with Crippen molar-refractivity contribution in [2.24, 2.45) is 0 Å². The lowest BCUT2D eigenvalue weighted by molar-refractivity contribution is 0.0939. The molecule has 0 radical (unpaired) electrons. The molecule has 0 bridgehead atoms. The molecule has 1 atom stereocenters. The molecule has 1 aliphatic carbocycles. The Balaban J connectivity index is 1.56. The van der Waals surface area contributed by atoms with Crippen LogP contribution in [-0.4, -0.2) is 20.4 Å². The first-order valence-corrected chi connectivity index (χ1v) is 11.2. The molecule has 5 nitrogen and oxygen atoms in total.